The van der Waals surface area contributed by atoms with Crippen LogP contribution in [0.5, 0.6) is 11.5 Å². The molecule has 0 aliphatic carbocycles. The van der Waals surface area contributed by atoms with Crippen molar-refractivity contribution in [3.8, 4) is 11.5 Å². The van der Waals surface area contributed by atoms with Crippen molar-refractivity contribution in [2.45, 2.75) is 6.04 Å². The molecule has 22 heavy (non-hydrogen) atoms. The molecule has 1 saturated heterocycles. The molecule has 1 atom stereocenters. The van der Waals surface area contributed by atoms with E-state index in [2.05, 4.69) is 4.90 Å². The van der Waals surface area contributed by atoms with Gasteiger partial charge in [0.05, 0.1) is 39.0 Å². The minimum absolute atomic E-state index is 0.0327. The predicted molar refractivity (Wildman–Crippen MR) is 83.7 cm³/mol. The average Bonchev–Trinajstić information content (AvgIpc) is 2.53. The summed E-state index contributed by atoms with van der Waals surface area (Å²) in [6.45, 7) is 2.48. The molecule has 1 aliphatic heterocycles. The van der Waals surface area contributed by atoms with Gasteiger partial charge in [0.25, 0.3) is 5.91 Å². The molecule has 1 aliphatic rings. The zero-order valence-corrected chi connectivity index (χ0v) is 13.7. The van der Waals surface area contributed by atoms with Gasteiger partial charge in [-0.05, 0) is 26.2 Å². The maximum absolute atomic E-state index is 12.9. The second-order valence-electron chi connectivity index (χ2n) is 5.56. The number of carbonyl (C=O) groups excluding carboxylic acids is 1. The summed E-state index contributed by atoms with van der Waals surface area (Å²) in [5.41, 5.74) is 0.550. The standard InChI is InChI=1S/C16H24N2O4/c1-17(2)10-12-11-22-8-7-18(12)16(19)14-6-5-13(20-3)9-15(14)21-4/h5-6,9,12H,7-8,10-11H2,1-4H3. The number of hydrogen-bond donors (Lipinski definition) is 0. The fourth-order valence-electron chi connectivity index (χ4n) is 2.62. The molecule has 0 spiro atoms. The average molecular weight is 308 g/mol. The Labute approximate surface area is 131 Å². The van der Waals surface area contributed by atoms with Crippen LogP contribution in [0.4, 0.5) is 0 Å². The van der Waals surface area contributed by atoms with Crippen LogP contribution >= 0.6 is 0 Å². The van der Waals surface area contributed by atoms with Gasteiger partial charge in [-0.3, -0.25) is 4.79 Å². The Bertz CT molecular complexity index is 519. The van der Waals surface area contributed by atoms with Crippen molar-refractivity contribution in [1.29, 1.82) is 0 Å². The Kier molecular flexibility index (Phi) is 5.63. The van der Waals surface area contributed by atoms with Crippen molar-refractivity contribution >= 4 is 5.91 Å². The van der Waals surface area contributed by atoms with Gasteiger partial charge >= 0.3 is 0 Å². The van der Waals surface area contributed by atoms with Gasteiger partial charge in [-0.25, -0.2) is 0 Å². The summed E-state index contributed by atoms with van der Waals surface area (Å²) in [5, 5.41) is 0. The van der Waals surface area contributed by atoms with Crippen molar-refractivity contribution in [3.63, 3.8) is 0 Å². The fourth-order valence-corrected chi connectivity index (χ4v) is 2.62. The lowest BCUT2D eigenvalue weighted by atomic mass is 10.1. The zero-order chi connectivity index (χ0) is 16.1. The summed E-state index contributed by atoms with van der Waals surface area (Å²) in [6.07, 6.45) is 0. The Morgan fingerprint density at radius 2 is 2.14 bits per heavy atom. The Morgan fingerprint density at radius 1 is 1.36 bits per heavy atom. The van der Waals surface area contributed by atoms with Gasteiger partial charge in [0.15, 0.2) is 0 Å². The Hall–Kier alpha value is -1.79. The lowest BCUT2D eigenvalue weighted by Gasteiger charge is -2.37. The first-order valence-electron chi connectivity index (χ1n) is 7.32. The number of ether oxygens (including phenoxy) is 3. The first-order valence-corrected chi connectivity index (χ1v) is 7.32. The van der Waals surface area contributed by atoms with Gasteiger partial charge in [0.2, 0.25) is 0 Å². The first-order chi connectivity index (χ1) is 10.6. The molecule has 1 amide bonds. The smallest absolute Gasteiger partial charge is 0.258 e. The molecule has 0 N–H and O–H groups in total. The third kappa shape index (κ3) is 3.69. The van der Waals surface area contributed by atoms with Crippen LogP contribution in [0, 0.1) is 0 Å². The van der Waals surface area contributed by atoms with Crippen LogP contribution in [-0.2, 0) is 4.74 Å². The highest BCUT2D eigenvalue weighted by atomic mass is 16.5. The first kappa shape index (κ1) is 16.6. The number of carbonyl (C=O) groups is 1. The van der Waals surface area contributed by atoms with Crippen molar-refractivity contribution in [2.75, 3.05) is 54.6 Å². The molecule has 2 rings (SSSR count). The van der Waals surface area contributed by atoms with Gasteiger partial charge in [-0.2, -0.15) is 0 Å². The summed E-state index contributed by atoms with van der Waals surface area (Å²) in [5.74, 6) is 1.16. The zero-order valence-electron chi connectivity index (χ0n) is 13.7. The third-order valence-electron chi connectivity index (χ3n) is 3.70. The van der Waals surface area contributed by atoms with E-state index in [-0.39, 0.29) is 11.9 Å². The molecule has 1 aromatic carbocycles. The van der Waals surface area contributed by atoms with E-state index < -0.39 is 0 Å². The van der Waals surface area contributed by atoms with Crippen LogP contribution in [-0.4, -0.2) is 76.4 Å². The van der Waals surface area contributed by atoms with E-state index in [0.29, 0.717) is 36.8 Å². The van der Waals surface area contributed by atoms with Crippen molar-refractivity contribution in [1.82, 2.24) is 9.80 Å². The molecular weight excluding hydrogens is 284 g/mol. The van der Waals surface area contributed by atoms with E-state index in [0.717, 1.165) is 6.54 Å². The second-order valence-corrected chi connectivity index (χ2v) is 5.56. The van der Waals surface area contributed by atoms with Crippen LogP contribution in [0.2, 0.25) is 0 Å². The fraction of sp³-hybridized carbons (Fsp3) is 0.562. The molecule has 0 aromatic heterocycles. The van der Waals surface area contributed by atoms with Crippen molar-refractivity contribution < 1.29 is 19.0 Å². The van der Waals surface area contributed by atoms with E-state index in [4.69, 9.17) is 14.2 Å². The monoisotopic (exact) mass is 308 g/mol. The molecule has 122 valence electrons. The number of likely N-dealkylation sites (N-methyl/N-ethyl adjacent to an activating group) is 1. The summed E-state index contributed by atoms with van der Waals surface area (Å²) < 4.78 is 16.0. The van der Waals surface area contributed by atoms with E-state index >= 15 is 0 Å². The minimum Gasteiger partial charge on any atom is -0.497 e. The van der Waals surface area contributed by atoms with E-state index in [1.54, 1.807) is 32.4 Å². The number of nitrogens with zero attached hydrogens (tertiary/aromatic N) is 2. The van der Waals surface area contributed by atoms with Gasteiger partial charge in [0.1, 0.15) is 11.5 Å². The van der Waals surface area contributed by atoms with Crippen LogP contribution in [0.15, 0.2) is 18.2 Å². The normalized spacial score (nSPS) is 18.4. The quantitative estimate of drug-likeness (QED) is 0.815. The molecular formula is C16H24N2O4. The van der Waals surface area contributed by atoms with E-state index in [1.165, 1.54) is 0 Å². The van der Waals surface area contributed by atoms with Crippen LogP contribution in [0.3, 0.4) is 0 Å². The highest BCUT2D eigenvalue weighted by molar-refractivity contribution is 5.97. The highest BCUT2D eigenvalue weighted by Gasteiger charge is 2.30. The number of hydrogen-bond acceptors (Lipinski definition) is 5. The van der Waals surface area contributed by atoms with Gasteiger partial charge in [-0.1, -0.05) is 0 Å². The van der Waals surface area contributed by atoms with Crippen LogP contribution in [0.1, 0.15) is 10.4 Å². The lowest BCUT2D eigenvalue weighted by molar-refractivity contribution is -0.00843. The molecule has 6 nitrogen and oxygen atoms in total. The Morgan fingerprint density at radius 3 is 2.77 bits per heavy atom. The second kappa shape index (κ2) is 7.47. The molecule has 0 saturated carbocycles. The van der Waals surface area contributed by atoms with Gasteiger partial charge in [0, 0.05) is 19.2 Å². The number of rotatable bonds is 5. The molecule has 1 heterocycles. The summed E-state index contributed by atoms with van der Waals surface area (Å²) >= 11 is 0. The topological polar surface area (TPSA) is 51.2 Å². The van der Waals surface area contributed by atoms with Crippen LogP contribution < -0.4 is 9.47 Å². The van der Waals surface area contributed by atoms with Gasteiger partial charge in [-0.15, -0.1) is 0 Å². The number of amides is 1. The summed E-state index contributed by atoms with van der Waals surface area (Å²) in [7, 11) is 7.13. The predicted octanol–water partition coefficient (Wildman–Crippen LogP) is 1.11. The number of methoxy groups -OCH3 is 2. The third-order valence-corrected chi connectivity index (χ3v) is 3.70. The molecule has 1 unspecified atom stereocenters. The number of benzene rings is 1. The molecule has 1 aromatic rings. The minimum atomic E-state index is -0.0327. The number of morpholine rings is 1. The van der Waals surface area contributed by atoms with Crippen molar-refractivity contribution in [3.05, 3.63) is 23.8 Å². The maximum atomic E-state index is 12.9. The highest BCUT2D eigenvalue weighted by Crippen LogP contribution is 2.26. The van der Waals surface area contributed by atoms with Gasteiger partial charge < -0.3 is 24.0 Å². The SMILES string of the molecule is COc1ccc(C(=O)N2CCOCC2CN(C)C)c(OC)c1. The maximum Gasteiger partial charge on any atom is 0.258 e. The lowest BCUT2D eigenvalue weighted by Crippen LogP contribution is -2.52. The molecule has 0 radical (unpaired) electrons. The molecule has 6 heteroatoms. The summed E-state index contributed by atoms with van der Waals surface area (Å²) in [6, 6.07) is 5.30. The van der Waals surface area contributed by atoms with Crippen molar-refractivity contribution in [2.24, 2.45) is 0 Å². The summed E-state index contributed by atoms with van der Waals surface area (Å²) in [4.78, 5) is 16.8. The van der Waals surface area contributed by atoms with Crippen LogP contribution in [0.25, 0.3) is 0 Å². The largest absolute Gasteiger partial charge is 0.497 e. The Balaban J connectivity index is 2.25. The van der Waals surface area contributed by atoms with E-state index in [1.807, 2.05) is 19.0 Å². The molecule has 0 bridgehead atoms. The molecule has 1 fully saturated rings. The van der Waals surface area contributed by atoms with E-state index in [9.17, 15) is 4.79 Å².